The van der Waals surface area contributed by atoms with Gasteiger partial charge in [-0.15, -0.1) is 0 Å². The second-order valence-electron chi connectivity index (χ2n) is 3.88. The molecule has 3 nitrogen and oxygen atoms in total. The maximum Gasteiger partial charge on any atom is 0.141 e. The van der Waals surface area contributed by atoms with Crippen molar-refractivity contribution in [3.8, 4) is 11.5 Å². The van der Waals surface area contributed by atoms with Crippen LogP contribution >= 0.6 is 15.9 Å². The van der Waals surface area contributed by atoms with E-state index in [9.17, 15) is 0 Å². The molecule has 0 radical (unpaired) electrons. The van der Waals surface area contributed by atoms with Gasteiger partial charge in [0, 0.05) is 11.6 Å². The summed E-state index contributed by atoms with van der Waals surface area (Å²) in [6.07, 6.45) is 1.12. The number of hydrogen-bond donors (Lipinski definition) is 1. The first-order valence-electron chi connectivity index (χ1n) is 5.79. The van der Waals surface area contributed by atoms with Crippen molar-refractivity contribution in [2.45, 2.75) is 26.3 Å². The third-order valence-corrected chi connectivity index (χ3v) is 3.43. The van der Waals surface area contributed by atoms with Gasteiger partial charge < -0.3 is 14.8 Å². The van der Waals surface area contributed by atoms with Crippen LogP contribution in [-0.2, 0) is 0 Å². The van der Waals surface area contributed by atoms with E-state index in [0.717, 1.165) is 34.5 Å². The second-order valence-corrected chi connectivity index (χ2v) is 4.67. The maximum atomic E-state index is 5.45. The summed E-state index contributed by atoms with van der Waals surface area (Å²) in [5, 5.41) is 3.45. The first-order valence-corrected chi connectivity index (χ1v) is 6.58. The van der Waals surface area contributed by atoms with Gasteiger partial charge in [-0.3, -0.25) is 0 Å². The summed E-state index contributed by atoms with van der Waals surface area (Å²) in [6, 6.07) is 4.24. The lowest BCUT2D eigenvalue weighted by atomic mass is 10.1. The third-order valence-electron chi connectivity index (χ3n) is 2.68. The van der Waals surface area contributed by atoms with Gasteiger partial charge in [-0.25, -0.2) is 0 Å². The summed E-state index contributed by atoms with van der Waals surface area (Å²) < 4.78 is 11.6. The van der Waals surface area contributed by atoms with Gasteiger partial charge in [0.15, 0.2) is 0 Å². The van der Waals surface area contributed by atoms with Gasteiger partial charge in [0.05, 0.1) is 14.2 Å². The number of nitrogens with one attached hydrogen (secondary N) is 1. The average Bonchev–Trinajstić information content (AvgIpc) is 2.35. The zero-order valence-corrected chi connectivity index (χ0v) is 12.4. The molecule has 96 valence electrons. The molecule has 0 bridgehead atoms. The Balaban J connectivity index is 3.03. The lowest BCUT2D eigenvalue weighted by molar-refractivity contribution is 0.381. The van der Waals surface area contributed by atoms with Gasteiger partial charge in [-0.1, -0.05) is 6.92 Å². The van der Waals surface area contributed by atoms with Crippen LogP contribution in [0.15, 0.2) is 16.6 Å². The molecule has 0 heterocycles. The highest BCUT2D eigenvalue weighted by molar-refractivity contribution is 9.10. The Morgan fingerprint density at radius 3 is 2.53 bits per heavy atom. The zero-order chi connectivity index (χ0) is 12.8. The van der Waals surface area contributed by atoms with Crippen LogP contribution in [0.25, 0.3) is 0 Å². The predicted octanol–water partition coefficient (Wildman–Crippen LogP) is 3.53. The molecular formula is C13H20BrNO2. The molecule has 0 aromatic heterocycles. The molecule has 0 aliphatic carbocycles. The molecule has 1 unspecified atom stereocenters. The predicted molar refractivity (Wildman–Crippen MR) is 74.0 cm³/mol. The normalized spacial score (nSPS) is 12.3. The van der Waals surface area contributed by atoms with Crippen LogP contribution in [0.4, 0.5) is 0 Å². The van der Waals surface area contributed by atoms with Crippen molar-refractivity contribution in [1.29, 1.82) is 0 Å². The molecule has 1 atom stereocenters. The monoisotopic (exact) mass is 301 g/mol. The van der Waals surface area contributed by atoms with E-state index in [1.807, 2.05) is 12.1 Å². The third kappa shape index (κ3) is 3.36. The van der Waals surface area contributed by atoms with Crippen molar-refractivity contribution in [3.63, 3.8) is 0 Å². The van der Waals surface area contributed by atoms with Crippen molar-refractivity contribution in [2.24, 2.45) is 0 Å². The minimum atomic E-state index is 0.257. The van der Waals surface area contributed by atoms with Gasteiger partial charge in [0.1, 0.15) is 16.0 Å². The number of hydrogen-bond acceptors (Lipinski definition) is 3. The number of rotatable bonds is 6. The van der Waals surface area contributed by atoms with Crippen molar-refractivity contribution >= 4 is 15.9 Å². The zero-order valence-electron chi connectivity index (χ0n) is 10.8. The Labute approximate surface area is 112 Å². The van der Waals surface area contributed by atoms with Crippen LogP contribution < -0.4 is 14.8 Å². The summed E-state index contributed by atoms with van der Waals surface area (Å²) in [6.45, 7) is 5.28. The van der Waals surface area contributed by atoms with Crippen molar-refractivity contribution < 1.29 is 9.47 Å². The molecule has 0 amide bonds. The van der Waals surface area contributed by atoms with Crippen LogP contribution in [0, 0.1) is 0 Å². The molecule has 1 rings (SSSR count). The first-order chi connectivity index (χ1) is 8.15. The lowest BCUT2D eigenvalue weighted by Gasteiger charge is -2.19. The van der Waals surface area contributed by atoms with Crippen LogP contribution in [0.2, 0.25) is 0 Å². The second kappa shape index (κ2) is 6.87. The van der Waals surface area contributed by atoms with Gasteiger partial charge in [0.2, 0.25) is 0 Å². The van der Waals surface area contributed by atoms with E-state index in [1.54, 1.807) is 14.2 Å². The lowest BCUT2D eigenvalue weighted by Crippen LogP contribution is -2.20. The van der Waals surface area contributed by atoms with E-state index in [2.05, 4.69) is 35.1 Å². The van der Waals surface area contributed by atoms with E-state index in [4.69, 9.17) is 9.47 Å². The minimum Gasteiger partial charge on any atom is -0.495 e. The Morgan fingerprint density at radius 1 is 1.29 bits per heavy atom. The Hall–Kier alpha value is -0.740. The number of halogens is 1. The number of ether oxygens (including phenoxy) is 2. The highest BCUT2D eigenvalue weighted by Crippen LogP contribution is 2.39. The van der Waals surface area contributed by atoms with E-state index < -0.39 is 0 Å². The summed E-state index contributed by atoms with van der Waals surface area (Å²) in [7, 11) is 3.33. The molecule has 17 heavy (non-hydrogen) atoms. The molecule has 1 N–H and O–H groups in total. The molecule has 0 aliphatic rings. The summed E-state index contributed by atoms with van der Waals surface area (Å²) >= 11 is 3.51. The largest absolute Gasteiger partial charge is 0.495 e. The standard InChI is InChI=1S/C13H20BrNO2/c1-5-8-15-9(2)10-6-7-11(16-3)12(14)13(10)17-4/h6-7,9,15H,5,8H2,1-4H3. The first kappa shape index (κ1) is 14.3. The van der Waals surface area contributed by atoms with Crippen LogP contribution in [0.5, 0.6) is 11.5 Å². The fourth-order valence-electron chi connectivity index (χ4n) is 1.73. The fraction of sp³-hybridized carbons (Fsp3) is 0.538. The molecule has 0 saturated heterocycles. The Bertz CT molecular complexity index is 369. The Morgan fingerprint density at radius 2 is 2.00 bits per heavy atom. The van der Waals surface area contributed by atoms with Crippen LogP contribution in [-0.4, -0.2) is 20.8 Å². The molecular weight excluding hydrogens is 282 g/mol. The van der Waals surface area contributed by atoms with Gasteiger partial charge in [-0.2, -0.15) is 0 Å². The minimum absolute atomic E-state index is 0.257. The SMILES string of the molecule is CCCNC(C)c1ccc(OC)c(Br)c1OC. The van der Waals surface area contributed by atoms with Crippen molar-refractivity contribution in [3.05, 3.63) is 22.2 Å². The van der Waals surface area contributed by atoms with E-state index >= 15 is 0 Å². The number of methoxy groups -OCH3 is 2. The van der Waals surface area contributed by atoms with Gasteiger partial charge in [-0.05, 0) is 48.0 Å². The van der Waals surface area contributed by atoms with Crippen LogP contribution in [0.3, 0.4) is 0 Å². The molecule has 1 aromatic carbocycles. The fourth-order valence-corrected chi connectivity index (χ4v) is 2.41. The Kier molecular flexibility index (Phi) is 5.78. The molecule has 0 fully saturated rings. The summed E-state index contributed by atoms with van der Waals surface area (Å²) in [5.74, 6) is 1.62. The molecule has 0 saturated carbocycles. The van der Waals surface area contributed by atoms with Gasteiger partial charge in [0.25, 0.3) is 0 Å². The van der Waals surface area contributed by atoms with E-state index in [1.165, 1.54) is 0 Å². The van der Waals surface area contributed by atoms with E-state index in [-0.39, 0.29) is 6.04 Å². The van der Waals surface area contributed by atoms with Gasteiger partial charge >= 0.3 is 0 Å². The maximum absolute atomic E-state index is 5.45. The topological polar surface area (TPSA) is 30.5 Å². The smallest absolute Gasteiger partial charge is 0.141 e. The highest BCUT2D eigenvalue weighted by Gasteiger charge is 2.16. The van der Waals surface area contributed by atoms with Crippen molar-refractivity contribution in [1.82, 2.24) is 5.32 Å². The molecule has 0 aliphatic heterocycles. The molecule has 4 heteroatoms. The van der Waals surface area contributed by atoms with Crippen molar-refractivity contribution in [2.75, 3.05) is 20.8 Å². The quantitative estimate of drug-likeness (QED) is 0.872. The van der Waals surface area contributed by atoms with E-state index in [0.29, 0.717) is 0 Å². The summed E-state index contributed by atoms with van der Waals surface area (Å²) in [5.41, 5.74) is 1.13. The molecule has 0 spiro atoms. The number of benzene rings is 1. The van der Waals surface area contributed by atoms with Crippen LogP contribution in [0.1, 0.15) is 31.9 Å². The molecule has 1 aromatic rings. The summed E-state index contributed by atoms with van der Waals surface area (Å²) in [4.78, 5) is 0. The average molecular weight is 302 g/mol. The highest BCUT2D eigenvalue weighted by atomic mass is 79.9.